The summed E-state index contributed by atoms with van der Waals surface area (Å²) in [5.41, 5.74) is 0.965. The molecule has 13 heavy (non-hydrogen) atoms. The molecule has 1 aliphatic heterocycles. The Morgan fingerprint density at radius 1 is 1.38 bits per heavy atom. The molecule has 0 radical (unpaired) electrons. The first-order valence-corrected chi connectivity index (χ1v) is 4.10. The van der Waals surface area contributed by atoms with Gasteiger partial charge < -0.3 is 9.47 Å². The van der Waals surface area contributed by atoms with E-state index < -0.39 is 0 Å². The van der Waals surface area contributed by atoms with Gasteiger partial charge in [0.25, 0.3) is 0 Å². The Hall–Kier alpha value is -1.69. The van der Waals surface area contributed by atoms with Gasteiger partial charge in [0.15, 0.2) is 11.5 Å². The fraction of sp³-hybridized carbons (Fsp3) is 0.300. The molecule has 1 aromatic rings. The molecule has 3 nitrogen and oxygen atoms in total. The highest BCUT2D eigenvalue weighted by Crippen LogP contribution is 2.34. The summed E-state index contributed by atoms with van der Waals surface area (Å²) in [4.78, 5) is 0. The van der Waals surface area contributed by atoms with Crippen molar-refractivity contribution < 1.29 is 9.47 Å². The second kappa shape index (κ2) is 2.98. The van der Waals surface area contributed by atoms with Gasteiger partial charge in [-0.1, -0.05) is 6.07 Å². The number of nitriles is 1. The molecule has 1 aliphatic rings. The maximum absolute atomic E-state index is 8.71. The molecular formula is C10H9NO2. The van der Waals surface area contributed by atoms with Gasteiger partial charge in [-0.3, -0.25) is 0 Å². The van der Waals surface area contributed by atoms with Crippen molar-refractivity contribution in [3.8, 4) is 17.6 Å². The Morgan fingerprint density at radius 3 is 2.92 bits per heavy atom. The largest absolute Gasteiger partial charge is 0.454 e. The summed E-state index contributed by atoms with van der Waals surface area (Å²) < 4.78 is 10.4. The Bertz CT molecular complexity index is 368. The highest BCUT2D eigenvalue weighted by Gasteiger charge is 2.14. The van der Waals surface area contributed by atoms with Crippen molar-refractivity contribution in [3.63, 3.8) is 0 Å². The van der Waals surface area contributed by atoms with Gasteiger partial charge in [-0.05, 0) is 24.6 Å². The van der Waals surface area contributed by atoms with E-state index in [-0.39, 0.29) is 12.7 Å². The molecule has 0 bridgehead atoms. The predicted octanol–water partition coefficient (Wildman–Crippen LogP) is 2.04. The van der Waals surface area contributed by atoms with E-state index in [0.717, 1.165) is 17.1 Å². The summed E-state index contributed by atoms with van der Waals surface area (Å²) in [5, 5.41) is 8.71. The third-order valence-electron chi connectivity index (χ3n) is 2.09. The third kappa shape index (κ3) is 1.31. The van der Waals surface area contributed by atoms with E-state index in [0.29, 0.717) is 0 Å². The summed E-state index contributed by atoms with van der Waals surface area (Å²) in [6, 6.07) is 7.76. The number of nitrogens with zero attached hydrogens (tertiary/aromatic N) is 1. The molecule has 0 saturated carbocycles. The fourth-order valence-corrected chi connectivity index (χ4v) is 1.26. The Kier molecular flexibility index (Phi) is 1.82. The number of benzene rings is 1. The van der Waals surface area contributed by atoms with E-state index in [2.05, 4.69) is 6.07 Å². The van der Waals surface area contributed by atoms with E-state index in [1.165, 1.54) is 0 Å². The topological polar surface area (TPSA) is 42.2 Å². The van der Waals surface area contributed by atoms with Gasteiger partial charge in [0.1, 0.15) is 0 Å². The molecule has 0 unspecified atom stereocenters. The zero-order valence-electron chi connectivity index (χ0n) is 7.28. The molecule has 0 fully saturated rings. The van der Waals surface area contributed by atoms with Crippen LogP contribution in [0.25, 0.3) is 0 Å². The van der Waals surface area contributed by atoms with Crippen LogP contribution < -0.4 is 9.47 Å². The van der Waals surface area contributed by atoms with Crippen molar-refractivity contribution in [2.24, 2.45) is 0 Å². The maximum atomic E-state index is 8.71. The predicted molar refractivity (Wildman–Crippen MR) is 46.6 cm³/mol. The standard InChI is InChI=1S/C10H9NO2/c1-7(5-11)8-2-3-9-10(4-8)13-6-12-9/h2-4,7H,6H2,1H3/t7-/m0/s1. The molecule has 1 aromatic carbocycles. The van der Waals surface area contributed by atoms with Crippen LogP contribution in [0.5, 0.6) is 11.5 Å². The Morgan fingerprint density at radius 2 is 2.15 bits per heavy atom. The summed E-state index contributed by atoms with van der Waals surface area (Å²) in [6.07, 6.45) is 0. The fourth-order valence-electron chi connectivity index (χ4n) is 1.26. The zero-order chi connectivity index (χ0) is 9.26. The second-order valence-corrected chi connectivity index (χ2v) is 2.96. The first kappa shape index (κ1) is 7.93. The van der Waals surface area contributed by atoms with Crippen LogP contribution in [0.4, 0.5) is 0 Å². The lowest BCUT2D eigenvalue weighted by atomic mass is 10.0. The molecule has 66 valence electrons. The van der Waals surface area contributed by atoms with E-state index >= 15 is 0 Å². The van der Waals surface area contributed by atoms with Crippen LogP contribution in [0.3, 0.4) is 0 Å². The Labute approximate surface area is 76.5 Å². The molecule has 2 rings (SSSR count). The number of hydrogen-bond donors (Lipinski definition) is 0. The average molecular weight is 175 g/mol. The normalized spacial score (nSPS) is 15.1. The van der Waals surface area contributed by atoms with Crippen molar-refractivity contribution in [1.82, 2.24) is 0 Å². The lowest BCUT2D eigenvalue weighted by molar-refractivity contribution is 0.174. The van der Waals surface area contributed by atoms with Gasteiger partial charge in [-0.15, -0.1) is 0 Å². The van der Waals surface area contributed by atoms with Crippen LogP contribution >= 0.6 is 0 Å². The summed E-state index contributed by atoms with van der Waals surface area (Å²) in [5.74, 6) is 1.39. The number of rotatable bonds is 1. The van der Waals surface area contributed by atoms with Gasteiger partial charge in [0.05, 0.1) is 12.0 Å². The van der Waals surface area contributed by atoms with Gasteiger partial charge in [-0.2, -0.15) is 5.26 Å². The van der Waals surface area contributed by atoms with Crippen molar-refractivity contribution >= 4 is 0 Å². The molecular weight excluding hydrogens is 166 g/mol. The first-order chi connectivity index (χ1) is 6.31. The molecule has 1 atom stereocenters. The molecule has 1 heterocycles. The molecule has 0 aromatic heterocycles. The zero-order valence-corrected chi connectivity index (χ0v) is 7.28. The summed E-state index contributed by atoms with van der Waals surface area (Å²) in [7, 11) is 0. The van der Waals surface area contributed by atoms with Crippen LogP contribution in [0, 0.1) is 11.3 Å². The van der Waals surface area contributed by atoms with E-state index in [9.17, 15) is 0 Å². The molecule has 0 saturated heterocycles. The van der Waals surface area contributed by atoms with Crippen LogP contribution in [0.15, 0.2) is 18.2 Å². The average Bonchev–Trinajstić information content (AvgIpc) is 2.63. The van der Waals surface area contributed by atoms with Gasteiger partial charge in [0, 0.05) is 0 Å². The summed E-state index contributed by atoms with van der Waals surface area (Å²) in [6.45, 7) is 2.14. The molecule has 0 aliphatic carbocycles. The second-order valence-electron chi connectivity index (χ2n) is 2.96. The van der Waals surface area contributed by atoms with E-state index in [1.807, 2.05) is 25.1 Å². The van der Waals surface area contributed by atoms with Crippen molar-refractivity contribution in [1.29, 1.82) is 5.26 Å². The van der Waals surface area contributed by atoms with Gasteiger partial charge in [0.2, 0.25) is 6.79 Å². The number of ether oxygens (including phenoxy) is 2. The van der Waals surface area contributed by atoms with Gasteiger partial charge in [-0.25, -0.2) is 0 Å². The molecule has 0 amide bonds. The lowest BCUT2D eigenvalue weighted by Crippen LogP contribution is -1.93. The Balaban J connectivity index is 2.37. The number of hydrogen-bond acceptors (Lipinski definition) is 3. The molecule has 0 N–H and O–H groups in total. The lowest BCUT2D eigenvalue weighted by Gasteiger charge is -2.03. The van der Waals surface area contributed by atoms with E-state index in [4.69, 9.17) is 14.7 Å². The highest BCUT2D eigenvalue weighted by atomic mass is 16.7. The molecule has 3 heteroatoms. The highest BCUT2D eigenvalue weighted by molar-refractivity contribution is 5.46. The van der Waals surface area contributed by atoms with Crippen LogP contribution in [0.1, 0.15) is 18.4 Å². The van der Waals surface area contributed by atoms with Crippen LogP contribution in [-0.2, 0) is 0 Å². The van der Waals surface area contributed by atoms with Crippen molar-refractivity contribution in [3.05, 3.63) is 23.8 Å². The minimum absolute atomic E-state index is 0.102. The quantitative estimate of drug-likeness (QED) is 0.655. The SMILES string of the molecule is C[C@@H](C#N)c1ccc2c(c1)OCO2. The number of fused-ring (bicyclic) bond motifs is 1. The van der Waals surface area contributed by atoms with Crippen LogP contribution in [0.2, 0.25) is 0 Å². The maximum Gasteiger partial charge on any atom is 0.231 e. The van der Waals surface area contributed by atoms with Gasteiger partial charge >= 0.3 is 0 Å². The first-order valence-electron chi connectivity index (χ1n) is 4.10. The third-order valence-corrected chi connectivity index (χ3v) is 2.09. The summed E-state index contributed by atoms with van der Waals surface area (Å²) >= 11 is 0. The molecule has 0 spiro atoms. The smallest absolute Gasteiger partial charge is 0.231 e. The minimum Gasteiger partial charge on any atom is -0.454 e. The monoisotopic (exact) mass is 175 g/mol. The van der Waals surface area contributed by atoms with Crippen LogP contribution in [-0.4, -0.2) is 6.79 Å². The van der Waals surface area contributed by atoms with Crippen molar-refractivity contribution in [2.45, 2.75) is 12.8 Å². The van der Waals surface area contributed by atoms with Crippen molar-refractivity contribution in [2.75, 3.05) is 6.79 Å². The minimum atomic E-state index is -0.102. The van der Waals surface area contributed by atoms with E-state index in [1.54, 1.807) is 0 Å².